The highest BCUT2D eigenvalue weighted by atomic mass is 32.1. The Hall–Kier alpha value is -1.20. The number of hydrogen-bond acceptors (Lipinski definition) is 4. The molecule has 4 nitrogen and oxygen atoms in total. The van der Waals surface area contributed by atoms with E-state index >= 15 is 0 Å². The number of rotatable bonds is 6. The Morgan fingerprint density at radius 3 is 2.71 bits per heavy atom. The van der Waals surface area contributed by atoms with E-state index in [1.807, 2.05) is 32.9 Å². The van der Waals surface area contributed by atoms with E-state index in [9.17, 15) is 0 Å². The second-order valence-corrected chi connectivity index (χ2v) is 4.38. The Morgan fingerprint density at radius 1 is 1.41 bits per heavy atom. The molecule has 0 atom stereocenters. The van der Waals surface area contributed by atoms with Gasteiger partial charge in [-0.3, -0.25) is 0 Å². The molecule has 1 heterocycles. The zero-order valence-electron chi connectivity index (χ0n) is 10.4. The van der Waals surface area contributed by atoms with Crippen molar-refractivity contribution < 1.29 is 9.47 Å². The molecule has 0 amide bonds. The van der Waals surface area contributed by atoms with Crippen LogP contribution in [0.25, 0.3) is 0 Å². The van der Waals surface area contributed by atoms with Crippen molar-refractivity contribution in [3.05, 3.63) is 23.4 Å². The second kappa shape index (κ2) is 6.51. The lowest BCUT2D eigenvalue weighted by atomic mass is 10.2. The van der Waals surface area contributed by atoms with Gasteiger partial charge in [-0.15, -0.1) is 0 Å². The van der Waals surface area contributed by atoms with Gasteiger partial charge in [0.25, 0.3) is 0 Å². The summed E-state index contributed by atoms with van der Waals surface area (Å²) in [7, 11) is 0. The lowest BCUT2D eigenvalue weighted by molar-refractivity contribution is 0.0542. The SMILES string of the molecule is Cc1ccc(C(N)=S)c(OCCOC(C)C)n1. The quantitative estimate of drug-likeness (QED) is 0.620. The first kappa shape index (κ1) is 13.9. The van der Waals surface area contributed by atoms with Crippen molar-refractivity contribution in [1.29, 1.82) is 0 Å². The van der Waals surface area contributed by atoms with E-state index in [1.54, 1.807) is 0 Å². The van der Waals surface area contributed by atoms with Crippen LogP contribution in [0, 0.1) is 6.92 Å². The normalized spacial score (nSPS) is 10.6. The van der Waals surface area contributed by atoms with E-state index < -0.39 is 0 Å². The topological polar surface area (TPSA) is 57.4 Å². The number of thiocarbonyl (C=S) groups is 1. The molecule has 0 aliphatic carbocycles. The molecule has 5 heteroatoms. The summed E-state index contributed by atoms with van der Waals surface area (Å²) in [6.45, 7) is 6.80. The first-order valence-electron chi connectivity index (χ1n) is 5.52. The molecule has 0 aliphatic heterocycles. The molecule has 1 aromatic rings. The van der Waals surface area contributed by atoms with Gasteiger partial charge in [-0.05, 0) is 32.9 Å². The molecule has 1 aromatic heterocycles. The fraction of sp³-hybridized carbons (Fsp3) is 0.500. The van der Waals surface area contributed by atoms with Gasteiger partial charge in [-0.25, -0.2) is 4.98 Å². The van der Waals surface area contributed by atoms with Crippen molar-refractivity contribution in [2.45, 2.75) is 26.9 Å². The maximum Gasteiger partial charge on any atom is 0.224 e. The summed E-state index contributed by atoms with van der Waals surface area (Å²) in [6, 6.07) is 3.68. The largest absolute Gasteiger partial charge is 0.475 e. The first-order chi connectivity index (χ1) is 8.00. The zero-order valence-corrected chi connectivity index (χ0v) is 11.2. The van der Waals surface area contributed by atoms with Gasteiger partial charge >= 0.3 is 0 Å². The van der Waals surface area contributed by atoms with Crippen LogP contribution < -0.4 is 10.5 Å². The summed E-state index contributed by atoms with van der Waals surface area (Å²) in [6.07, 6.45) is 0.194. The summed E-state index contributed by atoms with van der Waals surface area (Å²) >= 11 is 4.94. The fourth-order valence-electron chi connectivity index (χ4n) is 1.25. The van der Waals surface area contributed by atoms with Crippen LogP contribution in [-0.2, 0) is 4.74 Å². The Morgan fingerprint density at radius 2 is 2.12 bits per heavy atom. The minimum absolute atomic E-state index is 0.194. The Labute approximate surface area is 107 Å². The molecule has 0 unspecified atom stereocenters. The highest BCUT2D eigenvalue weighted by Gasteiger charge is 2.08. The Bertz CT molecular complexity index is 394. The number of hydrogen-bond donors (Lipinski definition) is 1. The van der Waals surface area contributed by atoms with Gasteiger partial charge in [-0.2, -0.15) is 0 Å². The van der Waals surface area contributed by atoms with Crippen LogP contribution in [0.15, 0.2) is 12.1 Å². The van der Waals surface area contributed by atoms with Crippen LogP contribution in [0.2, 0.25) is 0 Å². The maximum atomic E-state index is 5.60. The predicted octanol–water partition coefficient (Wildman–Crippen LogP) is 1.83. The summed E-state index contributed by atoms with van der Waals surface area (Å²) in [4.78, 5) is 4.55. The number of ether oxygens (including phenoxy) is 2. The van der Waals surface area contributed by atoms with Crippen LogP contribution in [-0.4, -0.2) is 29.3 Å². The van der Waals surface area contributed by atoms with Crippen molar-refractivity contribution >= 4 is 17.2 Å². The van der Waals surface area contributed by atoms with Crippen molar-refractivity contribution in [3.63, 3.8) is 0 Å². The highest BCUT2D eigenvalue weighted by molar-refractivity contribution is 7.80. The molecule has 0 saturated carbocycles. The van der Waals surface area contributed by atoms with Crippen molar-refractivity contribution in [2.24, 2.45) is 5.73 Å². The third kappa shape index (κ3) is 4.66. The molecule has 2 N–H and O–H groups in total. The first-order valence-corrected chi connectivity index (χ1v) is 5.93. The molecule has 94 valence electrons. The molecule has 17 heavy (non-hydrogen) atoms. The third-order valence-electron chi connectivity index (χ3n) is 2.04. The standard InChI is InChI=1S/C12H18N2O2S/c1-8(2)15-6-7-16-12-10(11(13)17)5-4-9(3)14-12/h4-5,8H,6-7H2,1-3H3,(H2,13,17). The van der Waals surface area contributed by atoms with Crippen LogP contribution in [0.4, 0.5) is 0 Å². The van der Waals surface area contributed by atoms with Crippen LogP contribution in [0.3, 0.4) is 0 Å². The number of pyridine rings is 1. The monoisotopic (exact) mass is 254 g/mol. The molecule has 0 aromatic carbocycles. The van der Waals surface area contributed by atoms with E-state index in [0.29, 0.717) is 24.7 Å². The number of nitrogens with two attached hydrogens (primary N) is 1. The number of aromatic nitrogens is 1. The fourth-order valence-corrected chi connectivity index (χ4v) is 1.41. The van der Waals surface area contributed by atoms with E-state index in [2.05, 4.69) is 4.98 Å². The van der Waals surface area contributed by atoms with Crippen LogP contribution in [0.1, 0.15) is 25.1 Å². The number of nitrogens with zero attached hydrogens (tertiary/aromatic N) is 1. The van der Waals surface area contributed by atoms with Gasteiger partial charge in [0, 0.05) is 5.69 Å². The van der Waals surface area contributed by atoms with Crippen molar-refractivity contribution in [3.8, 4) is 5.88 Å². The Kier molecular flexibility index (Phi) is 5.31. The van der Waals surface area contributed by atoms with E-state index in [1.165, 1.54) is 0 Å². The van der Waals surface area contributed by atoms with Crippen molar-refractivity contribution in [2.75, 3.05) is 13.2 Å². The van der Waals surface area contributed by atoms with Gasteiger partial charge < -0.3 is 15.2 Å². The Balaban J connectivity index is 2.62. The summed E-state index contributed by atoms with van der Waals surface area (Å²) in [5, 5.41) is 0. The lowest BCUT2D eigenvalue weighted by Crippen LogP contribution is -2.16. The molecular weight excluding hydrogens is 236 g/mol. The summed E-state index contributed by atoms with van der Waals surface area (Å²) < 4.78 is 10.9. The maximum absolute atomic E-state index is 5.60. The molecule has 0 aliphatic rings. The van der Waals surface area contributed by atoms with Gasteiger partial charge in [0.1, 0.15) is 11.6 Å². The molecule has 0 radical (unpaired) electrons. The van der Waals surface area contributed by atoms with Gasteiger partial charge in [0.05, 0.1) is 18.3 Å². The molecule has 0 saturated heterocycles. The van der Waals surface area contributed by atoms with E-state index in [-0.39, 0.29) is 11.1 Å². The van der Waals surface area contributed by atoms with Crippen LogP contribution >= 0.6 is 12.2 Å². The molecule has 0 fully saturated rings. The third-order valence-corrected chi connectivity index (χ3v) is 2.26. The summed E-state index contributed by atoms with van der Waals surface area (Å²) in [5.74, 6) is 0.477. The van der Waals surface area contributed by atoms with Crippen LogP contribution in [0.5, 0.6) is 5.88 Å². The smallest absolute Gasteiger partial charge is 0.224 e. The van der Waals surface area contributed by atoms with Crippen molar-refractivity contribution in [1.82, 2.24) is 4.98 Å². The van der Waals surface area contributed by atoms with Gasteiger partial charge in [0.2, 0.25) is 5.88 Å². The zero-order chi connectivity index (χ0) is 12.8. The minimum atomic E-state index is 0.194. The average Bonchev–Trinajstić information content (AvgIpc) is 2.23. The average molecular weight is 254 g/mol. The number of aryl methyl sites for hydroxylation is 1. The van der Waals surface area contributed by atoms with E-state index in [0.717, 1.165) is 5.69 Å². The van der Waals surface area contributed by atoms with Gasteiger partial charge in [0.15, 0.2) is 0 Å². The lowest BCUT2D eigenvalue weighted by Gasteiger charge is -2.11. The molecule has 1 rings (SSSR count). The predicted molar refractivity (Wildman–Crippen MR) is 71.4 cm³/mol. The molecular formula is C12H18N2O2S. The molecule has 0 bridgehead atoms. The minimum Gasteiger partial charge on any atom is -0.475 e. The van der Waals surface area contributed by atoms with Gasteiger partial charge in [-0.1, -0.05) is 12.2 Å². The second-order valence-electron chi connectivity index (χ2n) is 3.94. The molecule has 0 spiro atoms. The summed E-state index contributed by atoms with van der Waals surface area (Å²) in [5.41, 5.74) is 7.13. The highest BCUT2D eigenvalue weighted by Crippen LogP contribution is 2.15. The van der Waals surface area contributed by atoms with E-state index in [4.69, 9.17) is 27.4 Å².